The number of nitrogens with zero attached hydrogens (tertiary/aromatic N) is 3. The Morgan fingerprint density at radius 1 is 1.06 bits per heavy atom. The lowest BCUT2D eigenvalue weighted by molar-refractivity contribution is -0.118. The number of anilines is 1. The highest BCUT2D eigenvalue weighted by Crippen LogP contribution is 2.32. The molecule has 1 amide bonds. The Morgan fingerprint density at radius 2 is 1.79 bits per heavy atom. The number of sulfone groups is 1. The number of hydrogen-bond acceptors (Lipinski definition) is 7. The Balaban J connectivity index is 1.53. The fraction of sp³-hybridized carbons (Fsp3) is 0.240. The van der Waals surface area contributed by atoms with E-state index in [1.165, 1.54) is 11.3 Å². The van der Waals surface area contributed by atoms with E-state index in [-0.39, 0.29) is 29.4 Å². The average molecular weight is 496 g/mol. The zero-order valence-corrected chi connectivity index (χ0v) is 20.6. The second-order valence-corrected chi connectivity index (χ2v) is 11.0. The Labute approximate surface area is 203 Å². The Morgan fingerprint density at radius 3 is 2.50 bits per heavy atom. The summed E-state index contributed by atoms with van der Waals surface area (Å²) in [5.41, 5.74) is 2.65. The van der Waals surface area contributed by atoms with Crippen molar-refractivity contribution in [2.75, 3.05) is 17.8 Å². The van der Waals surface area contributed by atoms with Crippen molar-refractivity contribution in [1.82, 2.24) is 9.97 Å². The van der Waals surface area contributed by atoms with E-state index in [0.717, 1.165) is 21.3 Å². The number of fused-ring (bicyclic) bond motifs is 1. The van der Waals surface area contributed by atoms with Gasteiger partial charge in [-0.3, -0.25) is 14.7 Å². The number of rotatable bonds is 9. The highest BCUT2D eigenvalue weighted by molar-refractivity contribution is 7.91. The van der Waals surface area contributed by atoms with Crippen LogP contribution in [-0.2, 0) is 21.2 Å². The monoisotopic (exact) mass is 495 g/mol. The Bertz CT molecular complexity index is 1380. The lowest BCUT2D eigenvalue weighted by Gasteiger charge is -2.20. The van der Waals surface area contributed by atoms with Gasteiger partial charge in [-0.25, -0.2) is 13.4 Å². The summed E-state index contributed by atoms with van der Waals surface area (Å²) < 4.78 is 31.6. The van der Waals surface area contributed by atoms with Crippen molar-refractivity contribution in [2.24, 2.45) is 0 Å². The molecule has 9 heteroatoms. The molecular formula is C25H25N3O4S2. The SMILES string of the molecule is COc1ccc2sc(N(Cc3ccncc3)C(=O)CCCS(=O)(=O)c3ccc(C)cc3)nc2c1. The van der Waals surface area contributed by atoms with Crippen LogP contribution >= 0.6 is 11.3 Å². The normalized spacial score (nSPS) is 11.5. The van der Waals surface area contributed by atoms with E-state index in [4.69, 9.17) is 4.74 Å². The van der Waals surface area contributed by atoms with Gasteiger partial charge >= 0.3 is 0 Å². The number of amides is 1. The van der Waals surface area contributed by atoms with E-state index in [1.807, 2.05) is 37.3 Å². The molecule has 4 rings (SSSR count). The first-order chi connectivity index (χ1) is 16.4. The van der Waals surface area contributed by atoms with Crippen molar-refractivity contribution in [3.8, 4) is 5.75 Å². The maximum absolute atomic E-state index is 13.3. The van der Waals surface area contributed by atoms with Crippen LogP contribution in [0.4, 0.5) is 5.13 Å². The van der Waals surface area contributed by atoms with Crippen LogP contribution in [0.25, 0.3) is 10.2 Å². The molecule has 0 aliphatic rings. The van der Waals surface area contributed by atoms with Crippen LogP contribution in [-0.4, -0.2) is 37.2 Å². The van der Waals surface area contributed by atoms with Gasteiger partial charge in [0.15, 0.2) is 15.0 Å². The van der Waals surface area contributed by atoms with Crippen LogP contribution < -0.4 is 9.64 Å². The van der Waals surface area contributed by atoms with Gasteiger partial charge in [-0.1, -0.05) is 29.0 Å². The number of carbonyl (C=O) groups excluding carboxylic acids is 1. The van der Waals surface area contributed by atoms with Crippen LogP contribution in [0.3, 0.4) is 0 Å². The van der Waals surface area contributed by atoms with Gasteiger partial charge in [0.05, 0.1) is 34.5 Å². The molecule has 0 atom stereocenters. The molecule has 0 saturated heterocycles. The standard InChI is InChI=1S/C25H25N3O4S2/c1-18-5-8-21(9-6-18)34(30,31)15-3-4-24(29)28(17-19-11-13-26-14-12-19)25-27-22-16-20(32-2)7-10-23(22)33-25/h5-14,16H,3-4,15,17H2,1-2H3. The lowest BCUT2D eigenvalue weighted by atomic mass is 10.2. The summed E-state index contributed by atoms with van der Waals surface area (Å²) in [6, 6.07) is 16.1. The fourth-order valence-electron chi connectivity index (χ4n) is 3.48. The summed E-state index contributed by atoms with van der Waals surface area (Å²) in [6.45, 7) is 2.23. The van der Waals surface area contributed by atoms with Crippen molar-refractivity contribution < 1.29 is 17.9 Å². The number of carbonyl (C=O) groups is 1. The molecule has 0 spiro atoms. The van der Waals surface area contributed by atoms with Crippen LogP contribution in [0.1, 0.15) is 24.0 Å². The van der Waals surface area contributed by atoms with Crippen molar-refractivity contribution >= 4 is 42.4 Å². The molecule has 0 bridgehead atoms. The third-order valence-corrected chi connectivity index (χ3v) is 8.27. The van der Waals surface area contributed by atoms with Gasteiger partial charge in [-0.05, 0) is 55.3 Å². The highest BCUT2D eigenvalue weighted by Gasteiger charge is 2.22. The predicted molar refractivity (Wildman–Crippen MR) is 134 cm³/mol. The van der Waals surface area contributed by atoms with Gasteiger partial charge in [0.1, 0.15) is 5.75 Å². The molecule has 0 N–H and O–H groups in total. The minimum Gasteiger partial charge on any atom is -0.497 e. The summed E-state index contributed by atoms with van der Waals surface area (Å²) in [5.74, 6) is 0.418. The van der Waals surface area contributed by atoms with Gasteiger partial charge in [-0.15, -0.1) is 0 Å². The molecule has 4 aromatic rings. The van der Waals surface area contributed by atoms with Crippen molar-refractivity contribution in [1.29, 1.82) is 0 Å². The van der Waals surface area contributed by atoms with Crippen molar-refractivity contribution in [2.45, 2.75) is 31.2 Å². The molecule has 0 radical (unpaired) electrons. The topological polar surface area (TPSA) is 89.5 Å². The van der Waals surface area contributed by atoms with Gasteiger partial charge < -0.3 is 4.74 Å². The summed E-state index contributed by atoms with van der Waals surface area (Å²) in [5, 5.41) is 0.562. The molecule has 0 aliphatic heterocycles. The second kappa shape index (κ2) is 10.3. The molecule has 176 valence electrons. The lowest BCUT2D eigenvalue weighted by Crippen LogP contribution is -2.30. The molecular weight excluding hydrogens is 470 g/mol. The number of aryl methyl sites for hydroxylation is 1. The minimum atomic E-state index is -3.46. The van der Waals surface area contributed by atoms with E-state index >= 15 is 0 Å². The first-order valence-electron chi connectivity index (χ1n) is 10.8. The quantitative estimate of drug-likeness (QED) is 0.332. The first kappa shape index (κ1) is 23.8. The Kier molecular flexibility index (Phi) is 7.23. The van der Waals surface area contributed by atoms with E-state index in [1.54, 1.807) is 48.7 Å². The van der Waals surface area contributed by atoms with Crippen molar-refractivity contribution in [3.05, 3.63) is 78.1 Å². The largest absolute Gasteiger partial charge is 0.497 e. The van der Waals surface area contributed by atoms with E-state index in [2.05, 4.69) is 9.97 Å². The maximum Gasteiger partial charge on any atom is 0.229 e. The van der Waals surface area contributed by atoms with E-state index < -0.39 is 9.84 Å². The first-order valence-corrected chi connectivity index (χ1v) is 13.3. The summed E-state index contributed by atoms with van der Waals surface area (Å²) >= 11 is 1.41. The number of benzene rings is 2. The van der Waals surface area contributed by atoms with Gasteiger partial charge in [0.25, 0.3) is 0 Å². The number of aromatic nitrogens is 2. The molecule has 0 aliphatic carbocycles. The van der Waals surface area contributed by atoms with Gasteiger partial charge in [0, 0.05) is 24.9 Å². The van der Waals surface area contributed by atoms with Crippen LogP contribution in [0.5, 0.6) is 5.75 Å². The summed E-state index contributed by atoms with van der Waals surface area (Å²) in [7, 11) is -1.86. The number of methoxy groups -OCH3 is 1. The number of hydrogen-bond donors (Lipinski definition) is 0. The van der Waals surface area contributed by atoms with Crippen LogP contribution in [0, 0.1) is 6.92 Å². The third kappa shape index (κ3) is 5.60. The van der Waals surface area contributed by atoms with Crippen molar-refractivity contribution in [3.63, 3.8) is 0 Å². The molecule has 2 heterocycles. The molecule has 0 saturated carbocycles. The van der Waals surface area contributed by atoms with Crippen LogP contribution in [0.15, 0.2) is 71.9 Å². The second-order valence-electron chi connectivity index (χ2n) is 7.90. The van der Waals surface area contributed by atoms with Gasteiger partial charge in [0.2, 0.25) is 5.91 Å². The Hall–Kier alpha value is -3.30. The predicted octanol–water partition coefficient (Wildman–Crippen LogP) is 4.80. The number of thiazole rings is 1. The maximum atomic E-state index is 13.3. The summed E-state index contributed by atoms with van der Waals surface area (Å²) in [4.78, 5) is 23.9. The van der Waals surface area contributed by atoms with Gasteiger partial charge in [-0.2, -0.15) is 0 Å². The number of pyridine rings is 1. The zero-order chi connectivity index (χ0) is 24.1. The van der Waals surface area contributed by atoms with E-state index in [0.29, 0.717) is 17.4 Å². The highest BCUT2D eigenvalue weighted by atomic mass is 32.2. The molecule has 2 aromatic carbocycles. The minimum absolute atomic E-state index is 0.0927. The van der Waals surface area contributed by atoms with E-state index in [9.17, 15) is 13.2 Å². The molecule has 34 heavy (non-hydrogen) atoms. The number of ether oxygens (including phenoxy) is 1. The molecule has 7 nitrogen and oxygen atoms in total. The molecule has 0 unspecified atom stereocenters. The fourth-order valence-corrected chi connectivity index (χ4v) is 5.76. The summed E-state index contributed by atoms with van der Waals surface area (Å²) in [6.07, 6.45) is 3.67. The average Bonchev–Trinajstić information content (AvgIpc) is 3.26. The molecule has 2 aromatic heterocycles. The smallest absolute Gasteiger partial charge is 0.229 e. The zero-order valence-electron chi connectivity index (χ0n) is 19.0. The third-order valence-electron chi connectivity index (χ3n) is 5.39. The molecule has 0 fully saturated rings. The van der Waals surface area contributed by atoms with Crippen LogP contribution in [0.2, 0.25) is 0 Å².